The molecule has 2 aromatic rings. The molecule has 24 heavy (non-hydrogen) atoms. The monoisotopic (exact) mass is 364 g/mol. The van der Waals surface area contributed by atoms with Gasteiger partial charge < -0.3 is 0 Å². The van der Waals surface area contributed by atoms with Crippen LogP contribution in [0.1, 0.15) is 15.9 Å². The minimum atomic E-state index is -0.406. The first kappa shape index (κ1) is 18.4. The Morgan fingerprint density at radius 3 is 2.62 bits per heavy atom. The smallest absolute Gasteiger partial charge is 0.269 e. The van der Waals surface area contributed by atoms with Crippen LogP contribution in [0.5, 0.6) is 0 Å². The third-order valence-corrected chi connectivity index (χ3v) is 4.68. The van der Waals surface area contributed by atoms with E-state index in [1.165, 1.54) is 6.07 Å². The third kappa shape index (κ3) is 5.58. The molecule has 126 valence electrons. The predicted molar refractivity (Wildman–Crippen MR) is 96.4 cm³/mol. The second kappa shape index (κ2) is 9.34. The fraction of sp³-hybridized carbons (Fsp3) is 0.176. The summed E-state index contributed by atoms with van der Waals surface area (Å²) in [6, 6.07) is 13.4. The molecule has 0 unspecified atom stereocenters. The number of hydrogen-bond donors (Lipinski definition) is 2. The molecule has 0 atom stereocenters. The maximum Gasteiger partial charge on any atom is 0.269 e. The quantitative estimate of drug-likeness (QED) is 0.610. The number of thioether (sulfide) groups is 2. The van der Waals surface area contributed by atoms with E-state index >= 15 is 0 Å². The van der Waals surface area contributed by atoms with Crippen LogP contribution in [-0.2, 0) is 10.5 Å². The molecule has 2 rings (SSSR count). The Morgan fingerprint density at radius 1 is 1.08 bits per heavy atom. The molecule has 0 heterocycles. The number of hydrazine groups is 1. The van der Waals surface area contributed by atoms with Crippen LogP contribution in [0, 0.1) is 5.82 Å². The standard InChI is InChI=1S/C17H17FN2O2S2/c1-23-10-12-5-4-6-13(9-12)17(22)20-19-16(21)11-24-15-8-3-2-7-14(15)18/h2-9H,10-11H2,1H3,(H,19,21)(H,20,22). The lowest BCUT2D eigenvalue weighted by atomic mass is 10.1. The van der Waals surface area contributed by atoms with Crippen molar-refractivity contribution in [3.63, 3.8) is 0 Å². The molecule has 7 heteroatoms. The fourth-order valence-corrected chi connectivity index (χ4v) is 3.16. The lowest BCUT2D eigenvalue weighted by Gasteiger charge is -2.08. The zero-order chi connectivity index (χ0) is 17.4. The van der Waals surface area contributed by atoms with Gasteiger partial charge >= 0.3 is 0 Å². The molecule has 4 nitrogen and oxygen atoms in total. The first-order valence-corrected chi connectivity index (χ1v) is 9.52. The lowest BCUT2D eigenvalue weighted by molar-refractivity contribution is -0.119. The van der Waals surface area contributed by atoms with E-state index in [1.807, 2.05) is 12.3 Å². The van der Waals surface area contributed by atoms with Gasteiger partial charge in [0.25, 0.3) is 5.91 Å². The SMILES string of the molecule is CSCc1cccc(C(=O)NNC(=O)CSc2ccccc2F)c1. The molecule has 0 bridgehead atoms. The normalized spacial score (nSPS) is 10.2. The average Bonchev–Trinajstić information content (AvgIpc) is 2.59. The maximum absolute atomic E-state index is 13.5. The number of hydrogen-bond acceptors (Lipinski definition) is 4. The van der Waals surface area contributed by atoms with E-state index in [0.29, 0.717) is 10.5 Å². The zero-order valence-electron chi connectivity index (χ0n) is 13.0. The Balaban J connectivity index is 1.82. The highest BCUT2D eigenvalue weighted by molar-refractivity contribution is 8.00. The van der Waals surface area contributed by atoms with Crippen LogP contribution in [0.4, 0.5) is 4.39 Å². The van der Waals surface area contributed by atoms with Gasteiger partial charge in [0.15, 0.2) is 0 Å². The average molecular weight is 364 g/mol. The van der Waals surface area contributed by atoms with Gasteiger partial charge in [-0.3, -0.25) is 20.4 Å². The van der Waals surface area contributed by atoms with E-state index < -0.39 is 5.91 Å². The summed E-state index contributed by atoms with van der Waals surface area (Å²) in [4.78, 5) is 24.2. The number of nitrogens with one attached hydrogen (secondary N) is 2. The Bertz CT molecular complexity index is 725. The van der Waals surface area contributed by atoms with Crippen LogP contribution in [-0.4, -0.2) is 23.8 Å². The van der Waals surface area contributed by atoms with Gasteiger partial charge in [-0.2, -0.15) is 11.8 Å². The van der Waals surface area contributed by atoms with Crippen LogP contribution in [0.3, 0.4) is 0 Å². The third-order valence-electron chi connectivity index (χ3n) is 3.01. The van der Waals surface area contributed by atoms with Crippen molar-refractivity contribution in [2.45, 2.75) is 10.6 Å². The summed E-state index contributed by atoms with van der Waals surface area (Å²) in [5.74, 6) is -0.343. The minimum absolute atomic E-state index is 0.00767. The van der Waals surface area contributed by atoms with E-state index in [4.69, 9.17) is 0 Å². The van der Waals surface area contributed by atoms with Gasteiger partial charge in [-0.15, -0.1) is 11.8 Å². The summed E-state index contributed by atoms with van der Waals surface area (Å²) in [7, 11) is 0. The first-order chi connectivity index (χ1) is 11.6. The summed E-state index contributed by atoms with van der Waals surface area (Å²) < 4.78 is 13.5. The predicted octanol–water partition coefficient (Wildman–Crippen LogP) is 3.24. The van der Waals surface area contributed by atoms with Gasteiger partial charge in [0.05, 0.1) is 5.75 Å². The Kier molecular flexibility index (Phi) is 7.14. The summed E-state index contributed by atoms with van der Waals surface area (Å²) in [6.07, 6.45) is 1.99. The fourth-order valence-electron chi connectivity index (χ4n) is 1.91. The second-order valence-electron chi connectivity index (χ2n) is 4.85. The number of rotatable bonds is 6. The van der Waals surface area contributed by atoms with Crippen molar-refractivity contribution >= 4 is 35.3 Å². The molecule has 0 aliphatic carbocycles. The van der Waals surface area contributed by atoms with Crippen molar-refractivity contribution in [3.8, 4) is 0 Å². The van der Waals surface area contributed by atoms with E-state index in [-0.39, 0.29) is 17.5 Å². The summed E-state index contributed by atoms with van der Waals surface area (Å²) >= 11 is 2.73. The highest BCUT2D eigenvalue weighted by atomic mass is 32.2. The number of benzene rings is 2. The van der Waals surface area contributed by atoms with Crippen molar-refractivity contribution in [2.24, 2.45) is 0 Å². The number of halogens is 1. The molecular formula is C17H17FN2O2S2. The van der Waals surface area contributed by atoms with E-state index in [9.17, 15) is 14.0 Å². The molecule has 0 aliphatic rings. The summed E-state index contributed by atoms with van der Waals surface area (Å²) in [5.41, 5.74) is 6.22. The van der Waals surface area contributed by atoms with Crippen LogP contribution >= 0.6 is 23.5 Å². The van der Waals surface area contributed by atoms with E-state index in [2.05, 4.69) is 10.9 Å². The molecule has 0 spiro atoms. The molecule has 0 saturated carbocycles. The van der Waals surface area contributed by atoms with Crippen molar-refractivity contribution in [3.05, 3.63) is 65.5 Å². The van der Waals surface area contributed by atoms with Crippen molar-refractivity contribution in [1.29, 1.82) is 0 Å². The minimum Gasteiger partial charge on any atom is -0.272 e. The molecule has 0 fully saturated rings. The first-order valence-electron chi connectivity index (χ1n) is 7.14. The zero-order valence-corrected chi connectivity index (χ0v) is 14.7. The Hall–Kier alpha value is -1.99. The van der Waals surface area contributed by atoms with Gasteiger partial charge in [0, 0.05) is 16.2 Å². The summed E-state index contributed by atoms with van der Waals surface area (Å²) in [6.45, 7) is 0. The molecule has 0 aliphatic heterocycles. The van der Waals surface area contributed by atoms with Crippen LogP contribution in [0.2, 0.25) is 0 Å². The molecule has 0 aromatic heterocycles. The van der Waals surface area contributed by atoms with Crippen LogP contribution in [0.25, 0.3) is 0 Å². The van der Waals surface area contributed by atoms with Gasteiger partial charge in [-0.05, 0) is 36.1 Å². The van der Waals surface area contributed by atoms with E-state index in [0.717, 1.165) is 23.1 Å². The van der Waals surface area contributed by atoms with Crippen molar-refractivity contribution in [1.82, 2.24) is 10.9 Å². The lowest BCUT2D eigenvalue weighted by Crippen LogP contribution is -2.42. The number of amides is 2. The van der Waals surface area contributed by atoms with Gasteiger partial charge in [-0.1, -0.05) is 24.3 Å². The molecular weight excluding hydrogens is 347 g/mol. The Morgan fingerprint density at radius 2 is 1.88 bits per heavy atom. The largest absolute Gasteiger partial charge is 0.272 e. The molecule has 2 amide bonds. The van der Waals surface area contributed by atoms with Crippen LogP contribution in [0.15, 0.2) is 53.4 Å². The Labute approximate surface area is 148 Å². The number of carbonyl (C=O) groups excluding carboxylic acids is 2. The highest BCUT2D eigenvalue weighted by Crippen LogP contribution is 2.20. The topological polar surface area (TPSA) is 58.2 Å². The molecule has 2 aromatic carbocycles. The van der Waals surface area contributed by atoms with Gasteiger partial charge in [-0.25, -0.2) is 4.39 Å². The summed E-state index contributed by atoms with van der Waals surface area (Å²) in [5, 5.41) is 0. The van der Waals surface area contributed by atoms with E-state index in [1.54, 1.807) is 48.2 Å². The maximum atomic E-state index is 13.5. The van der Waals surface area contributed by atoms with Crippen LogP contribution < -0.4 is 10.9 Å². The highest BCUT2D eigenvalue weighted by Gasteiger charge is 2.09. The van der Waals surface area contributed by atoms with Crippen molar-refractivity contribution in [2.75, 3.05) is 12.0 Å². The molecule has 0 radical (unpaired) electrons. The molecule has 2 N–H and O–H groups in total. The van der Waals surface area contributed by atoms with Crippen molar-refractivity contribution < 1.29 is 14.0 Å². The molecule has 0 saturated heterocycles. The van der Waals surface area contributed by atoms with Gasteiger partial charge in [0.2, 0.25) is 5.91 Å². The number of carbonyl (C=O) groups is 2. The second-order valence-corrected chi connectivity index (χ2v) is 6.74. The van der Waals surface area contributed by atoms with Gasteiger partial charge in [0.1, 0.15) is 5.82 Å².